The first kappa shape index (κ1) is 18.0. The zero-order valence-electron chi connectivity index (χ0n) is 14.7. The summed E-state index contributed by atoms with van der Waals surface area (Å²) in [6.45, 7) is 7.87. The number of rotatable bonds is 4. The number of hydrogen-bond donors (Lipinski definition) is 1. The van der Waals surface area contributed by atoms with E-state index in [9.17, 15) is 4.79 Å². The Kier molecular flexibility index (Phi) is 6.69. The molecule has 0 aliphatic carbocycles. The zero-order chi connectivity index (χ0) is 16.8. The molecule has 2 aliphatic heterocycles. The lowest BCUT2D eigenvalue weighted by Crippen LogP contribution is -2.44. The van der Waals surface area contributed by atoms with Gasteiger partial charge in [0.1, 0.15) is 7.11 Å². The van der Waals surface area contributed by atoms with Crippen LogP contribution in [0.4, 0.5) is 4.79 Å². The number of hydrogen-bond acceptors (Lipinski definition) is 4. The Morgan fingerprint density at radius 3 is 2.39 bits per heavy atom. The highest BCUT2D eigenvalue weighted by molar-refractivity contribution is 5.88. The molecule has 1 atom stereocenters. The second kappa shape index (κ2) is 8.52. The molecular weight excluding hydrogens is 294 g/mol. The Hall–Kier alpha value is -1.30. The Labute approximate surface area is 139 Å². The van der Waals surface area contributed by atoms with Crippen molar-refractivity contribution < 1.29 is 14.7 Å². The van der Waals surface area contributed by atoms with Gasteiger partial charge in [0.25, 0.3) is 0 Å². The molecule has 23 heavy (non-hydrogen) atoms. The fraction of sp³-hybridized carbons (Fsp3) is 0.882. The van der Waals surface area contributed by atoms with Gasteiger partial charge in [-0.05, 0) is 51.1 Å². The SMILES string of the molecule is CON=C(C(C)C)C1CCN(C2CCCN(C(=O)O)CC2)CC1. The number of carbonyl (C=O) groups is 1. The van der Waals surface area contributed by atoms with E-state index in [0.717, 1.165) is 45.2 Å². The topological polar surface area (TPSA) is 65.4 Å². The quantitative estimate of drug-likeness (QED) is 0.637. The minimum absolute atomic E-state index is 0.425. The van der Waals surface area contributed by atoms with Crippen LogP contribution in [0.25, 0.3) is 0 Å². The molecule has 1 unspecified atom stereocenters. The maximum atomic E-state index is 11.1. The molecule has 1 amide bonds. The van der Waals surface area contributed by atoms with E-state index in [2.05, 4.69) is 23.9 Å². The highest BCUT2D eigenvalue weighted by Gasteiger charge is 2.30. The summed E-state index contributed by atoms with van der Waals surface area (Å²) in [5.41, 5.74) is 1.19. The number of oxime groups is 1. The molecule has 0 saturated carbocycles. The molecular formula is C17H31N3O3. The smallest absolute Gasteiger partial charge is 0.407 e. The van der Waals surface area contributed by atoms with Gasteiger partial charge < -0.3 is 19.7 Å². The normalized spacial score (nSPS) is 25.5. The second-order valence-electron chi connectivity index (χ2n) is 7.02. The van der Waals surface area contributed by atoms with Gasteiger partial charge in [0.05, 0.1) is 5.71 Å². The van der Waals surface area contributed by atoms with Crippen molar-refractivity contribution in [3.63, 3.8) is 0 Å². The fourth-order valence-electron chi connectivity index (χ4n) is 3.95. The first-order valence-electron chi connectivity index (χ1n) is 8.85. The van der Waals surface area contributed by atoms with Crippen molar-refractivity contribution in [2.45, 2.75) is 52.0 Å². The van der Waals surface area contributed by atoms with Crippen molar-refractivity contribution in [1.82, 2.24) is 9.80 Å². The molecule has 2 saturated heterocycles. The van der Waals surface area contributed by atoms with Crippen molar-refractivity contribution >= 4 is 11.8 Å². The van der Waals surface area contributed by atoms with Gasteiger partial charge in [-0.25, -0.2) is 4.79 Å². The third kappa shape index (κ3) is 4.83. The van der Waals surface area contributed by atoms with Gasteiger partial charge in [0.2, 0.25) is 0 Å². The van der Waals surface area contributed by atoms with Crippen LogP contribution in [0, 0.1) is 11.8 Å². The number of amides is 1. The summed E-state index contributed by atoms with van der Waals surface area (Å²) < 4.78 is 0. The van der Waals surface area contributed by atoms with Crippen molar-refractivity contribution in [3.05, 3.63) is 0 Å². The molecule has 2 rings (SSSR count). The monoisotopic (exact) mass is 325 g/mol. The van der Waals surface area contributed by atoms with Gasteiger partial charge in [0, 0.05) is 25.0 Å². The second-order valence-corrected chi connectivity index (χ2v) is 7.02. The summed E-state index contributed by atoms with van der Waals surface area (Å²) in [5, 5.41) is 13.4. The molecule has 0 aromatic carbocycles. The van der Waals surface area contributed by atoms with Crippen LogP contribution in [0.3, 0.4) is 0 Å². The number of likely N-dealkylation sites (tertiary alicyclic amines) is 2. The van der Waals surface area contributed by atoms with Crippen LogP contribution < -0.4 is 0 Å². The van der Waals surface area contributed by atoms with Crippen LogP contribution in [0.15, 0.2) is 5.16 Å². The Morgan fingerprint density at radius 2 is 1.83 bits per heavy atom. The van der Waals surface area contributed by atoms with E-state index in [1.165, 1.54) is 5.71 Å². The van der Waals surface area contributed by atoms with E-state index in [4.69, 9.17) is 9.94 Å². The molecule has 0 bridgehead atoms. The van der Waals surface area contributed by atoms with Gasteiger partial charge in [-0.15, -0.1) is 0 Å². The zero-order valence-corrected chi connectivity index (χ0v) is 14.7. The predicted molar refractivity (Wildman–Crippen MR) is 90.8 cm³/mol. The molecule has 2 heterocycles. The molecule has 6 nitrogen and oxygen atoms in total. The van der Waals surface area contributed by atoms with Crippen LogP contribution in [-0.2, 0) is 4.84 Å². The van der Waals surface area contributed by atoms with E-state index >= 15 is 0 Å². The maximum Gasteiger partial charge on any atom is 0.407 e. The molecule has 0 spiro atoms. The molecule has 0 radical (unpaired) electrons. The van der Waals surface area contributed by atoms with Gasteiger partial charge in [0.15, 0.2) is 0 Å². The largest absolute Gasteiger partial charge is 0.465 e. The molecule has 132 valence electrons. The van der Waals surface area contributed by atoms with Crippen LogP contribution >= 0.6 is 0 Å². The van der Waals surface area contributed by atoms with Gasteiger partial charge >= 0.3 is 6.09 Å². The summed E-state index contributed by atoms with van der Waals surface area (Å²) in [5.74, 6) is 0.945. The predicted octanol–water partition coefficient (Wildman–Crippen LogP) is 2.89. The third-order valence-corrected chi connectivity index (χ3v) is 5.22. The molecule has 6 heteroatoms. The number of nitrogens with zero attached hydrogens (tertiary/aromatic N) is 3. The van der Waals surface area contributed by atoms with Gasteiger partial charge in [-0.1, -0.05) is 19.0 Å². The number of carboxylic acid groups (broad SMARTS) is 1. The molecule has 0 aromatic rings. The van der Waals surface area contributed by atoms with E-state index in [1.807, 2.05) is 0 Å². The Balaban J connectivity index is 1.86. The lowest BCUT2D eigenvalue weighted by Gasteiger charge is -2.38. The van der Waals surface area contributed by atoms with Gasteiger partial charge in [-0.3, -0.25) is 0 Å². The van der Waals surface area contributed by atoms with Crippen molar-refractivity contribution in [1.29, 1.82) is 0 Å². The summed E-state index contributed by atoms with van der Waals surface area (Å²) in [6.07, 6.45) is 4.51. The van der Waals surface area contributed by atoms with Crippen molar-refractivity contribution in [3.8, 4) is 0 Å². The minimum atomic E-state index is -0.776. The standard InChI is InChI=1S/C17H31N3O3/c1-13(2)16(18-23-3)14-6-10-19(11-7-14)15-5-4-9-20(12-8-15)17(21)22/h13-15H,4-12H2,1-3H3,(H,21,22). The van der Waals surface area contributed by atoms with Crippen LogP contribution in [0.5, 0.6) is 0 Å². The third-order valence-electron chi connectivity index (χ3n) is 5.22. The van der Waals surface area contributed by atoms with Crippen LogP contribution in [0.1, 0.15) is 46.0 Å². The van der Waals surface area contributed by atoms with E-state index in [1.54, 1.807) is 12.0 Å². The lowest BCUT2D eigenvalue weighted by molar-refractivity contribution is 0.128. The van der Waals surface area contributed by atoms with E-state index in [0.29, 0.717) is 31.0 Å². The summed E-state index contributed by atoms with van der Waals surface area (Å²) >= 11 is 0. The molecule has 2 fully saturated rings. The minimum Gasteiger partial charge on any atom is -0.465 e. The fourth-order valence-corrected chi connectivity index (χ4v) is 3.95. The van der Waals surface area contributed by atoms with Crippen molar-refractivity contribution in [2.24, 2.45) is 17.0 Å². The summed E-state index contributed by atoms with van der Waals surface area (Å²) in [4.78, 5) is 20.3. The summed E-state index contributed by atoms with van der Waals surface area (Å²) in [6, 6.07) is 0.530. The van der Waals surface area contributed by atoms with E-state index in [-0.39, 0.29) is 0 Å². The Bertz CT molecular complexity index is 417. The van der Waals surface area contributed by atoms with Gasteiger partial charge in [-0.2, -0.15) is 0 Å². The highest BCUT2D eigenvalue weighted by atomic mass is 16.6. The average Bonchev–Trinajstić information content (AvgIpc) is 2.78. The first-order chi connectivity index (χ1) is 11.0. The van der Waals surface area contributed by atoms with Crippen LogP contribution in [-0.4, -0.2) is 66.0 Å². The number of piperidine rings is 1. The van der Waals surface area contributed by atoms with Crippen LogP contribution in [0.2, 0.25) is 0 Å². The maximum absolute atomic E-state index is 11.1. The van der Waals surface area contributed by atoms with E-state index < -0.39 is 6.09 Å². The summed E-state index contributed by atoms with van der Waals surface area (Å²) in [7, 11) is 1.62. The molecule has 2 aliphatic rings. The first-order valence-corrected chi connectivity index (χ1v) is 8.85. The lowest BCUT2D eigenvalue weighted by atomic mass is 9.85. The average molecular weight is 325 g/mol. The molecule has 1 N–H and O–H groups in total. The molecule has 0 aromatic heterocycles. The highest BCUT2D eigenvalue weighted by Crippen LogP contribution is 2.27. The van der Waals surface area contributed by atoms with Crippen molar-refractivity contribution in [2.75, 3.05) is 33.3 Å². The Morgan fingerprint density at radius 1 is 1.13 bits per heavy atom.